The molecule has 1 rings (SSSR count). The van der Waals surface area contributed by atoms with Gasteiger partial charge in [0, 0.05) is 18.0 Å². The predicted octanol–water partition coefficient (Wildman–Crippen LogP) is 1.93. The molecule has 1 heterocycles. The number of hydrogen-bond donors (Lipinski definition) is 1. The first kappa shape index (κ1) is 10.5. The maximum Gasteiger partial charge on any atom is 0.0620 e. The van der Waals surface area contributed by atoms with Gasteiger partial charge in [-0.15, -0.1) is 0 Å². The van der Waals surface area contributed by atoms with Crippen LogP contribution in [0.2, 0.25) is 0 Å². The van der Waals surface area contributed by atoms with Crippen molar-refractivity contribution in [3.05, 3.63) is 0 Å². The summed E-state index contributed by atoms with van der Waals surface area (Å²) in [5.74, 6) is 0. The topological polar surface area (TPSA) is 21.3 Å². The second kappa shape index (κ2) is 6.87. The largest absolute Gasteiger partial charge is 0.380 e. The summed E-state index contributed by atoms with van der Waals surface area (Å²) in [4.78, 5) is 0. The molecule has 0 spiro atoms. The lowest BCUT2D eigenvalue weighted by molar-refractivity contribution is 0.190. The first-order valence-electron chi connectivity index (χ1n) is 4.80. The quantitative estimate of drug-likeness (QED) is 0.562. The van der Waals surface area contributed by atoms with E-state index in [0.717, 1.165) is 25.1 Å². The summed E-state index contributed by atoms with van der Waals surface area (Å²) in [6.45, 7) is 3.01. The van der Waals surface area contributed by atoms with Gasteiger partial charge in [0.1, 0.15) is 0 Å². The van der Waals surface area contributed by atoms with E-state index in [-0.39, 0.29) is 0 Å². The van der Waals surface area contributed by atoms with Gasteiger partial charge in [-0.05, 0) is 25.8 Å². The Kier molecular flexibility index (Phi) is 6.00. The lowest BCUT2D eigenvalue weighted by atomic mass is 10.2. The lowest BCUT2D eigenvalue weighted by Gasteiger charge is -2.09. The Balaban J connectivity index is 1.81. The number of hydrogen-bond acceptors (Lipinski definition) is 2. The summed E-state index contributed by atoms with van der Waals surface area (Å²) in [5.41, 5.74) is 0. The second-order valence-corrected chi connectivity index (χ2v) is 4.06. The molecular formula is C9H18BrNO. The summed E-state index contributed by atoms with van der Waals surface area (Å²) in [6, 6.07) is 0.633. The molecule has 1 aliphatic rings. The molecule has 0 saturated carbocycles. The third-order valence-corrected chi connectivity index (χ3v) is 2.73. The zero-order chi connectivity index (χ0) is 8.65. The summed E-state index contributed by atoms with van der Waals surface area (Å²) < 4.78 is 5.27. The summed E-state index contributed by atoms with van der Waals surface area (Å²) >= 11 is 3.43. The molecule has 0 aromatic heterocycles. The van der Waals surface area contributed by atoms with Crippen LogP contribution >= 0.6 is 15.9 Å². The zero-order valence-corrected chi connectivity index (χ0v) is 9.11. The summed E-state index contributed by atoms with van der Waals surface area (Å²) in [5, 5.41) is 4.64. The van der Waals surface area contributed by atoms with Gasteiger partial charge in [0.25, 0.3) is 0 Å². The highest BCUT2D eigenvalue weighted by molar-refractivity contribution is 9.09. The molecule has 1 aliphatic heterocycles. The van der Waals surface area contributed by atoms with E-state index in [1.807, 2.05) is 0 Å². The molecule has 3 heteroatoms. The lowest BCUT2D eigenvalue weighted by Crippen LogP contribution is -2.29. The highest BCUT2D eigenvalue weighted by Crippen LogP contribution is 2.03. The molecule has 0 radical (unpaired) electrons. The molecule has 0 amide bonds. The molecule has 0 aromatic rings. The molecule has 1 saturated heterocycles. The fraction of sp³-hybridized carbons (Fsp3) is 1.00. The second-order valence-electron chi connectivity index (χ2n) is 3.26. The molecule has 12 heavy (non-hydrogen) atoms. The van der Waals surface area contributed by atoms with Gasteiger partial charge in [0.15, 0.2) is 0 Å². The Morgan fingerprint density at radius 1 is 1.33 bits per heavy atom. The smallest absolute Gasteiger partial charge is 0.0620 e. The van der Waals surface area contributed by atoms with E-state index in [1.165, 1.54) is 25.7 Å². The Morgan fingerprint density at radius 3 is 2.92 bits per heavy atom. The third-order valence-electron chi connectivity index (χ3n) is 2.17. The van der Waals surface area contributed by atoms with E-state index < -0.39 is 0 Å². The Bertz CT molecular complexity index is 105. The molecule has 1 atom stereocenters. The SMILES string of the molecule is BrCCCCCNC1CCOC1. The van der Waals surface area contributed by atoms with Crippen LogP contribution in [-0.4, -0.2) is 31.1 Å². The van der Waals surface area contributed by atoms with E-state index in [2.05, 4.69) is 21.2 Å². The average molecular weight is 236 g/mol. The van der Waals surface area contributed by atoms with Gasteiger partial charge in [-0.3, -0.25) is 0 Å². The van der Waals surface area contributed by atoms with Crippen molar-refractivity contribution < 1.29 is 4.74 Å². The van der Waals surface area contributed by atoms with E-state index >= 15 is 0 Å². The van der Waals surface area contributed by atoms with Crippen LogP contribution in [0.4, 0.5) is 0 Å². The highest BCUT2D eigenvalue weighted by atomic mass is 79.9. The average Bonchev–Trinajstić information content (AvgIpc) is 2.57. The number of rotatable bonds is 6. The van der Waals surface area contributed by atoms with E-state index in [0.29, 0.717) is 6.04 Å². The number of unbranched alkanes of at least 4 members (excludes halogenated alkanes) is 2. The molecular weight excluding hydrogens is 218 g/mol. The fourth-order valence-corrected chi connectivity index (χ4v) is 1.79. The van der Waals surface area contributed by atoms with Crippen molar-refractivity contribution in [2.45, 2.75) is 31.7 Å². The van der Waals surface area contributed by atoms with Crippen molar-refractivity contribution in [2.75, 3.05) is 25.1 Å². The first-order valence-corrected chi connectivity index (χ1v) is 5.92. The van der Waals surface area contributed by atoms with Gasteiger partial charge < -0.3 is 10.1 Å². The van der Waals surface area contributed by atoms with Crippen molar-refractivity contribution in [1.82, 2.24) is 5.32 Å². The molecule has 0 aromatic carbocycles. The predicted molar refractivity (Wildman–Crippen MR) is 54.9 cm³/mol. The van der Waals surface area contributed by atoms with Gasteiger partial charge in [0.2, 0.25) is 0 Å². The Morgan fingerprint density at radius 2 is 2.25 bits per heavy atom. The zero-order valence-electron chi connectivity index (χ0n) is 7.52. The maximum absolute atomic E-state index is 5.27. The molecule has 0 bridgehead atoms. The number of halogens is 1. The minimum Gasteiger partial charge on any atom is -0.380 e. The molecule has 1 unspecified atom stereocenters. The van der Waals surface area contributed by atoms with Crippen LogP contribution in [0.25, 0.3) is 0 Å². The summed E-state index contributed by atoms with van der Waals surface area (Å²) in [6.07, 6.45) is 5.11. The van der Waals surface area contributed by atoms with Crippen molar-refractivity contribution in [2.24, 2.45) is 0 Å². The van der Waals surface area contributed by atoms with E-state index in [1.54, 1.807) is 0 Å². The van der Waals surface area contributed by atoms with E-state index in [9.17, 15) is 0 Å². The Labute approximate surface area is 83.2 Å². The van der Waals surface area contributed by atoms with Crippen molar-refractivity contribution in [3.63, 3.8) is 0 Å². The van der Waals surface area contributed by atoms with Crippen LogP contribution in [0.5, 0.6) is 0 Å². The molecule has 1 N–H and O–H groups in total. The third kappa shape index (κ3) is 4.43. The van der Waals surface area contributed by atoms with Crippen LogP contribution in [0.1, 0.15) is 25.7 Å². The number of nitrogens with one attached hydrogen (secondary N) is 1. The van der Waals surface area contributed by atoms with Gasteiger partial charge >= 0.3 is 0 Å². The molecule has 72 valence electrons. The standard InChI is InChI=1S/C9H18BrNO/c10-5-2-1-3-6-11-9-4-7-12-8-9/h9,11H,1-8H2. The fourth-order valence-electron chi connectivity index (χ4n) is 1.40. The minimum atomic E-state index is 0.633. The summed E-state index contributed by atoms with van der Waals surface area (Å²) in [7, 11) is 0. The van der Waals surface area contributed by atoms with Crippen molar-refractivity contribution >= 4 is 15.9 Å². The van der Waals surface area contributed by atoms with Gasteiger partial charge in [-0.25, -0.2) is 0 Å². The number of alkyl halides is 1. The van der Waals surface area contributed by atoms with Crippen LogP contribution in [0.3, 0.4) is 0 Å². The number of ether oxygens (including phenoxy) is 1. The van der Waals surface area contributed by atoms with Crippen LogP contribution < -0.4 is 5.32 Å². The van der Waals surface area contributed by atoms with Crippen molar-refractivity contribution in [3.8, 4) is 0 Å². The first-order chi connectivity index (χ1) is 5.93. The highest BCUT2D eigenvalue weighted by Gasteiger charge is 2.13. The van der Waals surface area contributed by atoms with Crippen LogP contribution in [-0.2, 0) is 4.74 Å². The monoisotopic (exact) mass is 235 g/mol. The maximum atomic E-state index is 5.27. The molecule has 1 fully saturated rings. The minimum absolute atomic E-state index is 0.633. The van der Waals surface area contributed by atoms with Crippen LogP contribution in [0.15, 0.2) is 0 Å². The Hall–Kier alpha value is 0.400. The van der Waals surface area contributed by atoms with Crippen LogP contribution in [0, 0.1) is 0 Å². The molecule has 2 nitrogen and oxygen atoms in total. The van der Waals surface area contributed by atoms with Gasteiger partial charge in [-0.2, -0.15) is 0 Å². The van der Waals surface area contributed by atoms with E-state index in [4.69, 9.17) is 4.74 Å². The molecule has 0 aliphatic carbocycles. The normalized spacial score (nSPS) is 23.2. The van der Waals surface area contributed by atoms with Gasteiger partial charge in [0.05, 0.1) is 6.61 Å². The van der Waals surface area contributed by atoms with Gasteiger partial charge in [-0.1, -0.05) is 22.4 Å². The van der Waals surface area contributed by atoms with Crippen molar-refractivity contribution in [1.29, 1.82) is 0 Å².